The first-order valence-electron chi connectivity index (χ1n) is 7.89. The van der Waals surface area contributed by atoms with E-state index in [0.717, 1.165) is 19.4 Å². The van der Waals surface area contributed by atoms with Crippen LogP contribution in [0.1, 0.15) is 29.0 Å². The number of para-hydroxylation sites is 1. The molecule has 0 spiro atoms. The van der Waals surface area contributed by atoms with E-state index in [1.165, 1.54) is 12.1 Å². The van der Waals surface area contributed by atoms with Crippen LogP contribution in [0.15, 0.2) is 30.3 Å². The molecule has 3 rings (SSSR count). The van der Waals surface area contributed by atoms with Crippen molar-refractivity contribution < 1.29 is 13.9 Å². The topological polar surface area (TPSA) is 76.1 Å². The van der Waals surface area contributed by atoms with Gasteiger partial charge in [0.2, 0.25) is 5.95 Å². The Hall–Kier alpha value is -2.54. The molecular weight excluding hydrogens is 311 g/mol. The number of rotatable bonds is 5. The normalized spacial score (nSPS) is 16.8. The van der Waals surface area contributed by atoms with Gasteiger partial charge in [0.05, 0.1) is 11.8 Å². The Kier molecular flexibility index (Phi) is 5.00. The summed E-state index contributed by atoms with van der Waals surface area (Å²) < 4.78 is 19.2. The lowest BCUT2D eigenvalue weighted by molar-refractivity contribution is 0.102. The molecule has 1 aliphatic rings. The lowest BCUT2D eigenvalue weighted by Gasteiger charge is -2.12. The van der Waals surface area contributed by atoms with Crippen LogP contribution >= 0.6 is 0 Å². The van der Waals surface area contributed by atoms with E-state index in [2.05, 4.69) is 20.6 Å². The Labute approximate surface area is 139 Å². The molecule has 1 fully saturated rings. The summed E-state index contributed by atoms with van der Waals surface area (Å²) in [7, 11) is 0. The minimum atomic E-state index is -0.492. The Morgan fingerprint density at radius 1 is 1.38 bits per heavy atom. The van der Waals surface area contributed by atoms with Crippen LogP contribution in [0.25, 0.3) is 0 Å². The van der Waals surface area contributed by atoms with Crippen LogP contribution < -0.4 is 10.6 Å². The maximum absolute atomic E-state index is 13.6. The molecule has 1 aliphatic heterocycles. The number of hydrogen-bond acceptors (Lipinski definition) is 5. The molecule has 2 aromatic rings. The number of halogens is 1. The second-order valence-corrected chi connectivity index (χ2v) is 5.67. The maximum Gasteiger partial charge on any atom is 0.274 e. The second-order valence-electron chi connectivity index (χ2n) is 5.67. The highest BCUT2D eigenvalue weighted by Gasteiger charge is 2.17. The van der Waals surface area contributed by atoms with E-state index >= 15 is 0 Å². The third-order valence-corrected chi connectivity index (χ3v) is 3.72. The van der Waals surface area contributed by atoms with Gasteiger partial charge in [0.1, 0.15) is 11.5 Å². The van der Waals surface area contributed by atoms with E-state index in [9.17, 15) is 9.18 Å². The quantitative estimate of drug-likeness (QED) is 0.881. The molecule has 1 atom stereocenters. The first-order chi connectivity index (χ1) is 11.6. The predicted octanol–water partition coefficient (Wildman–Crippen LogP) is 2.77. The Morgan fingerprint density at radius 2 is 2.21 bits per heavy atom. The number of nitrogens with zero attached hydrogens (tertiary/aromatic N) is 2. The van der Waals surface area contributed by atoms with E-state index in [0.29, 0.717) is 18.2 Å². The number of hydrogen-bond donors (Lipinski definition) is 2. The van der Waals surface area contributed by atoms with Gasteiger partial charge in [-0.15, -0.1) is 0 Å². The van der Waals surface area contributed by atoms with Crippen molar-refractivity contribution in [3.63, 3.8) is 0 Å². The molecule has 7 heteroatoms. The molecule has 1 unspecified atom stereocenters. The van der Waals surface area contributed by atoms with Crippen molar-refractivity contribution in [3.05, 3.63) is 47.5 Å². The van der Waals surface area contributed by atoms with Crippen molar-refractivity contribution in [2.75, 3.05) is 23.8 Å². The van der Waals surface area contributed by atoms with Crippen molar-refractivity contribution in [3.8, 4) is 0 Å². The Morgan fingerprint density at radius 3 is 2.96 bits per heavy atom. The summed E-state index contributed by atoms with van der Waals surface area (Å²) in [5.74, 6) is -0.608. The zero-order chi connectivity index (χ0) is 16.9. The highest BCUT2D eigenvalue weighted by Crippen LogP contribution is 2.15. The third-order valence-electron chi connectivity index (χ3n) is 3.72. The molecule has 1 aromatic heterocycles. The molecule has 126 valence electrons. The number of nitrogens with one attached hydrogen (secondary N) is 2. The number of amides is 1. The molecule has 1 saturated heterocycles. The van der Waals surface area contributed by atoms with Gasteiger partial charge in [-0.3, -0.25) is 4.79 Å². The fourth-order valence-electron chi connectivity index (χ4n) is 2.52. The van der Waals surface area contributed by atoms with Crippen LogP contribution in [0.2, 0.25) is 0 Å². The number of carbonyl (C=O) groups excluding carboxylic acids is 1. The molecule has 0 bridgehead atoms. The molecule has 0 radical (unpaired) electrons. The molecular formula is C17H19FN4O2. The molecule has 2 N–H and O–H groups in total. The van der Waals surface area contributed by atoms with E-state index in [1.54, 1.807) is 25.1 Å². The van der Waals surface area contributed by atoms with Gasteiger partial charge < -0.3 is 15.4 Å². The molecule has 6 nitrogen and oxygen atoms in total. The van der Waals surface area contributed by atoms with Crippen LogP contribution in [0.5, 0.6) is 0 Å². The van der Waals surface area contributed by atoms with Gasteiger partial charge in [0.15, 0.2) is 0 Å². The van der Waals surface area contributed by atoms with Gasteiger partial charge in [-0.1, -0.05) is 12.1 Å². The summed E-state index contributed by atoms with van der Waals surface area (Å²) in [6.45, 7) is 3.15. The smallest absolute Gasteiger partial charge is 0.274 e. The zero-order valence-electron chi connectivity index (χ0n) is 13.4. The molecule has 0 saturated carbocycles. The van der Waals surface area contributed by atoms with Crippen LogP contribution in [0.4, 0.5) is 16.0 Å². The predicted molar refractivity (Wildman–Crippen MR) is 88.6 cm³/mol. The molecule has 24 heavy (non-hydrogen) atoms. The van der Waals surface area contributed by atoms with E-state index < -0.39 is 11.7 Å². The van der Waals surface area contributed by atoms with E-state index in [-0.39, 0.29) is 17.5 Å². The fourth-order valence-corrected chi connectivity index (χ4v) is 2.52. The first-order valence-corrected chi connectivity index (χ1v) is 7.89. The number of benzene rings is 1. The van der Waals surface area contributed by atoms with Crippen molar-refractivity contribution in [2.24, 2.45) is 0 Å². The minimum absolute atomic E-state index is 0.118. The lowest BCUT2D eigenvalue weighted by atomic mass is 10.2. The van der Waals surface area contributed by atoms with E-state index in [4.69, 9.17) is 4.74 Å². The number of ether oxygens (including phenoxy) is 1. The zero-order valence-corrected chi connectivity index (χ0v) is 13.4. The third kappa shape index (κ3) is 4.05. The number of aromatic nitrogens is 2. The molecule has 0 aliphatic carbocycles. The van der Waals surface area contributed by atoms with Crippen molar-refractivity contribution in [1.29, 1.82) is 0 Å². The van der Waals surface area contributed by atoms with Gasteiger partial charge >= 0.3 is 0 Å². The highest BCUT2D eigenvalue weighted by atomic mass is 19.1. The highest BCUT2D eigenvalue weighted by molar-refractivity contribution is 6.03. The minimum Gasteiger partial charge on any atom is -0.376 e. The first kappa shape index (κ1) is 16.3. The number of carbonyl (C=O) groups is 1. The molecule has 1 amide bonds. The van der Waals surface area contributed by atoms with Crippen molar-refractivity contribution >= 4 is 17.5 Å². The molecule has 2 heterocycles. The summed E-state index contributed by atoms with van der Waals surface area (Å²) in [4.78, 5) is 20.8. The summed E-state index contributed by atoms with van der Waals surface area (Å²) in [6, 6.07) is 7.56. The van der Waals surface area contributed by atoms with Gasteiger partial charge in [0.25, 0.3) is 5.91 Å². The maximum atomic E-state index is 13.6. The average Bonchev–Trinajstić information content (AvgIpc) is 3.08. The largest absolute Gasteiger partial charge is 0.376 e. The van der Waals surface area contributed by atoms with Crippen molar-refractivity contribution in [2.45, 2.75) is 25.9 Å². The van der Waals surface area contributed by atoms with E-state index in [1.807, 2.05) is 0 Å². The average molecular weight is 330 g/mol. The summed E-state index contributed by atoms with van der Waals surface area (Å²) in [5.41, 5.74) is 0.951. The summed E-state index contributed by atoms with van der Waals surface area (Å²) >= 11 is 0. The van der Waals surface area contributed by atoms with Crippen LogP contribution in [-0.2, 0) is 4.74 Å². The monoisotopic (exact) mass is 330 g/mol. The van der Waals surface area contributed by atoms with Gasteiger partial charge in [-0.2, -0.15) is 0 Å². The summed E-state index contributed by atoms with van der Waals surface area (Å²) in [5, 5.41) is 5.62. The fraction of sp³-hybridized carbons (Fsp3) is 0.353. The van der Waals surface area contributed by atoms with Gasteiger partial charge in [-0.25, -0.2) is 14.4 Å². The lowest BCUT2D eigenvalue weighted by Crippen LogP contribution is -2.21. The Balaban J connectivity index is 1.70. The standard InChI is InChI=1S/C17H19FN4O2/c1-11-9-15(16(23)21-14-7-3-2-6-13(14)18)22-17(20-11)19-10-12-5-4-8-24-12/h2-3,6-7,9,12H,4-5,8,10H2,1H3,(H,21,23)(H,19,20,22). The summed E-state index contributed by atoms with van der Waals surface area (Å²) in [6.07, 6.45) is 2.20. The Bertz CT molecular complexity index is 732. The van der Waals surface area contributed by atoms with Crippen LogP contribution in [-0.4, -0.2) is 35.1 Å². The second kappa shape index (κ2) is 7.35. The molecule has 1 aromatic carbocycles. The van der Waals surface area contributed by atoms with Crippen molar-refractivity contribution in [1.82, 2.24) is 9.97 Å². The van der Waals surface area contributed by atoms with Gasteiger partial charge in [-0.05, 0) is 38.0 Å². The van der Waals surface area contributed by atoms with Crippen LogP contribution in [0.3, 0.4) is 0 Å². The SMILES string of the molecule is Cc1cc(C(=O)Nc2ccccc2F)nc(NCC2CCCO2)n1. The van der Waals surface area contributed by atoms with Crippen LogP contribution in [0, 0.1) is 12.7 Å². The van der Waals surface area contributed by atoms with Gasteiger partial charge in [0, 0.05) is 18.8 Å². The number of anilines is 2. The number of aryl methyl sites for hydroxylation is 1.